The first-order valence-corrected chi connectivity index (χ1v) is 5.69. The molecule has 4 N–H and O–H groups in total. The molecule has 0 saturated heterocycles. The van der Waals surface area contributed by atoms with E-state index in [1.54, 1.807) is 13.0 Å². The third-order valence-electron chi connectivity index (χ3n) is 2.53. The molecule has 0 radical (unpaired) electrons. The Morgan fingerprint density at radius 3 is 2.70 bits per heavy atom. The van der Waals surface area contributed by atoms with Crippen LogP contribution in [0.5, 0.6) is 5.75 Å². The van der Waals surface area contributed by atoms with Crippen LogP contribution in [0, 0.1) is 6.92 Å². The number of nitrogens with two attached hydrogens (primary N) is 1. The number of amides is 2. The first-order chi connectivity index (χ1) is 9.51. The van der Waals surface area contributed by atoms with Gasteiger partial charge in [-0.1, -0.05) is 0 Å². The van der Waals surface area contributed by atoms with E-state index in [0.717, 1.165) is 0 Å². The number of primary amides is 1. The topological polar surface area (TPSA) is 123 Å². The molecular formula is C12H13N5O3. The Morgan fingerprint density at radius 2 is 2.15 bits per heavy atom. The van der Waals surface area contributed by atoms with Gasteiger partial charge < -0.3 is 15.8 Å². The van der Waals surface area contributed by atoms with Crippen LogP contribution in [0.3, 0.4) is 0 Å². The Hall–Kier alpha value is -2.90. The van der Waals surface area contributed by atoms with E-state index in [-0.39, 0.29) is 11.4 Å². The SMILES string of the molecule is COc1ccc(C(N)=O)cc1NC(=O)c1n[nH]c(C)n1. The summed E-state index contributed by atoms with van der Waals surface area (Å²) in [6, 6.07) is 4.48. The van der Waals surface area contributed by atoms with Crippen LogP contribution < -0.4 is 15.8 Å². The van der Waals surface area contributed by atoms with E-state index in [9.17, 15) is 9.59 Å². The predicted molar refractivity (Wildman–Crippen MR) is 70.6 cm³/mol. The second-order valence-electron chi connectivity index (χ2n) is 3.98. The number of anilines is 1. The molecule has 0 bridgehead atoms. The quantitative estimate of drug-likeness (QED) is 0.748. The van der Waals surface area contributed by atoms with Gasteiger partial charge in [0.15, 0.2) is 0 Å². The Kier molecular flexibility index (Phi) is 3.65. The molecule has 2 rings (SSSR count). The number of aromatic nitrogens is 3. The number of nitrogens with zero attached hydrogens (tertiary/aromatic N) is 2. The smallest absolute Gasteiger partial charge is 0.295 e. The van der Waals surface area contributed by atoms with Crippen molar-refractivity contribution in [3.8, 4) is 5.75 Å². The van der Waals surface area contributed by atoms with Crippen molar-refractivity contribution < 1.29 is 14.3 Å². The number of aromatic amines is 1. The minimum Gasteiger partial charge on any atom is -0.495 e. The first-order valence-electron chi connectivity index (χ1n) is 5.69. The third-order valence-corrected chi connectivity index (χ3v) is 2.53. The molecule has 0 aliphatic carbocycles. The molecule has 1 heterocycles. The van der Waals surface area contributed by atoms with Crippen molar-refractivity contribution in [2.24, 2.45) is 5.73 Å². The maximum Gasteiger partial charge on any atom is 0.295 e. The molecule has 8 nitrogen and oxygen atoms in total. The first kappa shape index (κ1) is 13.5. The maximum atomic E-state index is 11.9. The molecule has 1 aromatic heterocycles. The highest BCUT2D eigenvalue weighted by atomic mass is 16.5. The van der Waals surface area contributed by atoms with Gasteiger partial charge >= 0.3 is 0 Å². The van der Waals surface area contributed by atoms with Crippen LogP contribution in [-0.4, -0.2) is 34.1 Å². The largest absolute Gasteiger partial charge is 0.495 e. The molecule has 0 unspecified atom stereocenters. The molecule has 0 saturated carbocycles. The minimum atomic E-state index is -0.600. The fourth-order valence-electron chi connectivity index (χ4n) is 1.58. The summed E-state index contributed by atoms with van der Waals surface area (Å²) < 4.78 is 5.11. The van der Waals surface area contributed by atoms with Crippen molar-refractivity contribution in [1.29, 1.82) is 0 Å². The average molecular weight is 275 g/mol. The van der Waals surface area contributed by atoms with Gasteiger partial charge in [-0.2, -0.15) is 0 Å². The van der Waals surface area contributed by atoms with Gasteiger partial charge in [0.2, 0.25) is 11.7 Å². The van der Waals surface area contributed by atoms with Crippen molar-refractivity contribution in [3.63, 3.8) is 0 Å². The second kappa shape index (κ2) is 5.39. The van der Waals surface area contributed by atoms with E-state index in [1.807, 2.05) is 0 Å². The van der Waals surface area contributed by atoms with E-state index in [0.29, 0.717) is 17.3 Å². The predicted octanol–water partition coefficient (Wildman–Crippen LogP) is 0.473. The molecule has 20 heavy (non-hydrogen) atoms. The van der Waals surface area contributed by atoms with E-state index in [2.05, 4.69) is 20.5 Å². The second-order valence-corrected chi connectivity index (χ2v) is 3.98. The lowest BCUT2D eigenvalue weighted by atomic mass is 10.1. The number of hydrogen-bond donors (Lipinski definition) is 3. The Balaban J connectivity index is 2.29. The van der Waals surface area contributed by atoms with Crippen LogP contribution in [0.15, 0.2) is 18.2 Å². The van der Waals surface area contributed by atoms with Gasteiger partial charge in [-0.05, 0) is 25.1 Å². The lowest BCUT2D eigenvalue weighted by Crippen LogP contribution is -2.16. The molecular weight excluding hydrogens is 262 g/mol. The van der Waals surface area contributed by atoms with E-state index < -0.39 is 11.8 Å². The summed E-state index contributed by atoms with van der Waals surface area (Å²) in [5.74, 6) is -0.205. The summed E-state index contributed by atoms with van der Waals surface area (Å²) in [6.45, 7) is 1.68. The summed E-state index contributed by atoms with van der Waals surface area (Å²) >= 11 is 0. The standard InChI is InChI=1S/C12H13N5O3/c1-6-14-11(17-16-6)12(19)15-8-5-7(10(13)18)3-4-9(8)20-2/h3-5H,1-2H3,(H2,13,18)(H,15,19)(H,14,16,17). The summed E-state index contributed by atoms with van der Waals surface area (Å²) in [6.07, 6.45) is 0. The molecule has 8 heteroatoms. The summed E-state index contributed by atoms with van der Waals surface area (Å²) in [7, 11) is 1.45. The number of carbonyl (C=O) groups excluding carboxylic acids is 2. The highest BCUT2D eigenvalue weighted by Crippen LogP contribution is 2.25. The van der Waals surface area contributed by atoms with Gasteiger partial charge in [-0.3, -0.25) is 14.7 Å². The van der Waals surface area contributed by atoms with Gasteiger partial charge in [0, 0.05) is 5.56 Å². The Morgan fingerprint density at radius 1 is 1.40 bits per heavy atom. The van der Waals surface area contributed by atoms with Gasteiger partial charge in [0.05, 0.1) is 12.8 Å². The lowest BCUT2D eigenvalue weighted by Gasteiger charge is -2.10. The number of benzene rings is 1. The molecule has 0 fully saturated rings. The minimum absolute atomic E-state index is 0.00553. The zero-order valence-electron chi connectivity index (χ0n) is 10.9. The summed E-state index contributed by atoms with van der Waals surface area (Å²) in [5, 5.41) is 8.88. The molecule has 2 aromatic rings. The number of rotatable bonds is 4. The number of aryl methyl sites for hydroxylation is 1. The van der Waals surface area contributed by atoms with Crippen molar-refractivity contribution >= 4 is 17.5 Å². The van der Waals surface area contributed by atoms with Crippen molar-refractivity contribution in [3.05, 3.63) is 35.4 Å². The van der Waals surface area contributed by atoms with Crippen LogP contribution in [0.4, 0.5) is 5.69 Å². The van der Waals surface area contributed by atoms with Crippen molar-refractivity contribution in [2.45, 2.75) is 6.92 Å². The van der Waals surface area contributed by atoms with Crippen LogP contribution in [0.1, 0.15) is 26.8 Å². The molecule has 0 spiro atoms. The number of ether oxygens (including phenoxy) is 1. The number of carbonyl (C=O) groups is 2. The normalized spacial score (nSPS) is 10.1. The fraction of sp³-hybridized carbons (Fsp3) is 0.167. The van der Waals surface area contributed by atoms with Crippen LogP contribution in [0.25, 0.3) is 0 Å². The fourth-order valence-corrected chi connectivity index (χ4v) is 1.58. The van der Waals surface area contributed by atoms with E-state index in [1.165, 1.54) is 19.2 Å². The molecule has 1 aromatic carbocycles. The number of nitrogens with one attached hydrogen (secondary N) is 2. The van der Waals surface area contributed by atoms with E-state index >= 15 is 0 Å². The summed E-state index contributed by atoms with van der Waals surface area (Å²) in [5.41, 5.74) is 5.77. The van der Waals surface area contributed by atoms with Crippen molar-refractivity contribution in [2.75, 3.05) is 12.4 Å². The lowest BCUT2D eigenvalue weighted by molar-refractivity contribution is 0.0994. The molecule has 104 valence electrons. The zero-order valence-corrected chi connectivity index (χ0v) is 10.9. The number of methoxy groups -OCH3 is 1. The summed E-state index contributed by atoms with van der Waals surface area (Å²) in [4.78, 5) is 27.0. The van der Waals surface area contributed by atoms with Gasteiger partial charge in [0.1, 0.15) is 11.6 Å². The van der Waals surface area contributed by atoms with Gasteiger partial charge in [-0.15, -0.1) is 5.10 Å². The van der Waals surface area contributed by atoms with Crippen LogP contribution >= 0.6 is 0 Å². The Labute approximate surface area is 114 Å². The molecule has 0 aliphatic heterocycles. The van der Waals surface area contributed by atoms with Gasteiger partial charge in [0.25, 0.3) is 5.91 Å². The highest BCUT2D eigenvalue weighted by molar-refractivity contribution is 6.03. The zero-order chi connectivity index (χ0) is 14.7. The molecule has 2 amide bonds. The average Bonchev–Trinajstić information content (AvgIpc) is 2.85. The Bertz CT molecular complexity index is 665. The van der Waals surface area contributed by atoms with Crippen LogP contribution in [-0.2, 0) is 0 Å². The van der Waals surface area contributed by atoms with Crippen LogP contribution in [0.2, 0.25) is 0 Å². The van der Waals surface area contributed by atoms with E-state index in [4.69, 9.17) is 10.5 Å². The third kappa shape index (κ3) is 2.74. The molecule has 0 aliphatic rings. The highest BCUT2D eigenvalue weighted by Gasteiger charge is 2.15. The van der Waals surface area contributed by atoms with Gasteiger partial charge in [-0.25, -0.2) is 4.98 Å². The monoisotopic (exact) mass is 275 g/mol. The van der Waals surface area contributed by atoms with Crippen molar-refractivity contribution in [1.82, 2.24) is 15.2 Å². The number of hydrogen-bond acceptors (Lipinski definition) is 5. The molecule has 0 atom stereocenters. The maximum absolute atomic E-state index is 11.9. The number of H-pyrrole nitrogens is 1.